The van der Waals surface area contributed by atoms with Gasteiger partial charge in [-0.25, -0.2) is 9.97 Å². The summed E-state index contributed by atoms with van der Waals surface area (Å²) in [5, 5.41) is 1.71. The fourth-order valence-corrected chi connectivity index (χ4v) is 6.02. The topological polar surface area (TPSA) is 58.6 Å². The minimum atomic E-state index is -0.00827. The van der Waals surface area contributed by atoms with Crippen molar-refractivity contribution in [1.82, 2.24) is 14.9 Å². The Kier molecular flexibility index (Phi) is 5.82. The van der Waals surface area contributed by atoms with E-state index in [0.717, 1.165) is 42.4 Å². The van der Waals surface area contributed by atoms with E-state index in [4.69, 9.17) is 26.3 Å². The molecule has 0 spiro atoms. The van der Waals surface area contributed by atoms with Crippen LogP contribution in [0.3, 0.4) is 0 Å². The Morgan fingerprint density at radius 2 is 1.90 bits per heavy atom. The quantitative estimate of drug-likeness (QED) is 0.584. The largest absolute Gasteiger partial charge is 0.377 e. The maximum atomic E-state index is 12.9. The predicted molar refractivity (Wildman–Crippen MR) is 124 cm³/mol. The lowest BCUT2D eigenvalue weighted by molar-refractivity contribution is 0.0746. The summed E-state index contributed by atoms with van der Waals surface area (Å²) in [5.74, 6) is 1.71. The van der Waals surface area contributed by atoms with Crippen LogP contribution in [-0.2, 0) is 24.2 Å². The van der Waals surface area contributed by atoms with E-state index in [2.05, 4.69) is 4.90 Å². The van der Waals surface area contributed by atoms with E-state index in [0.29, 0.717) is 30.3 Å². The number of carbonyl (C=O) groups excluding carboxylic acids is 1. The van der Waals surface area contributed by atoms with E-state index in [-0.39, 0.29) is 5.91 Å². The number of aryl methyl sites for hydroxylation is 2. The molecule has 8 heteroatoms. The number of hydrogen-bond donors (Lipinski definition) is 0. The highest BCUT2D eigenvalue weighted by atomic mass is 35.5. The molecule has 0 radical (unpaired) electrons. The number of fused-ring (bicyclic) bond motifs is 3. The van der Waals surface area contributed by atoms with Gasteiger partial charge in [-0.05, 0) is 43.4 Å². The Hall–Kier alpha value is -2.22. The van der Waals surface area contributed by atoms with E-state index in [1.165, 1.54) is 28.7 Å². The fraction of sp³-hybridized carbons (Fsp3) is 0.435. The lowest BCUT2D eigenvalue weighted by Gasteiger charge is -2.36. The summed E-state index contributed by atoms with van der Waals surface area (Å²) in [5.41, 5.74) is 2.00. The van der Waals surface area contributed by atoms with Crippen LogP contribution in [0.1, 0.15) is 39.5 Å². The number of anilines is 1. The summed E-state index contributed by atoms with van der Waals surface area (Å²) in [6.07, 6.45) is 4.70. The third kappa shape index (κ3) is 3.90. The Morgan fingerprint density at radius 3 is 2.68 bits per heavy atom. The van der Waals surface area contributed by atoms with Gasteiger partial charge in [0.2, 0.25) is 0 Å². The Balaban J connectivity index is 1.43. The minimum absolute atomic E-state index is 0.00827. The number of piperazine rings is 1. The predicted octanol–water partition coefficient (Wildman–Crippen LogP) is 4.33. The number of hydrogen-bond acceptors (Lipinski definition) is 6. The van der Waals surface area contributed by atoms with Gasteiger partial charge in [-0.2, -0.15) is 0 Å². The van der Waals surface area contributed by atoms with Gasteiger partial charge in [0.25, 0.3) is 5.91 Å². The standard InChI is InChI=1S/C23H25ClN4O2S/c1-30-14-19-25-21(20-16-7-3-5-9-18(16)31-22(20)26-19)27-10-12-28(13-11-27)23(29)15-6-2-4-8-17(15)24/h2,4,6,8H,3,5,7,9-14H2,1H3. The van der Waals surface area contributed by atoms with Crippen LogP contribution in [0.2, 0.25) is 5.02 Å². The molecule has 1 aromatic carbocycles. The number of carbonyl (C=O) groups is 1. The van der Waals surface area contributed by atoms with Crippen molar-refractivity contribution < 1.29 is 9.53 Å². The average molecular weight is 457 g/mol. The van der Waals surface area contributed by atoms with E-state index in [1.807, 2.05) is 28.4 Å². The van der Waals surface area contributed by atoms with E-state index >= 15 is 0 Å². The SMILES string of the molecule is COCc1nc(N2CCN(C(=O)c3ccccc3Cl)CC2)c2c3c(sc2n1)CCCC3. The van der Waals surface area contributed by atoms with Crippen molar-refractivity contribution in [3.05, 3.63) is 51.1 Å². The van der Waals surface area contributed by atoms with Gasteiger partial charge < -0.3 is 14.5 Å². The number of rotatable bonds is 4. The molecule has 1 aliphatic heterocycles. The minimum Gasteiger partial charge on any atom is -0.377 e. The molecule has 2 aliphatic rings. The molecule has 5 rings (SSSR count). The van der Waals surface area contributed by atoms with Crippen LogP contribution in [0.15, 0.2) is 24.3 Å². The molecule has 3 heterocycles. The Labute approximate surface area is 190 Å². The smallest absolute Gasteiger partial charge is 0.255 e. The van der Waals surface area contributed by atoms with Crippen LogP contribution in [-0.4, -0.2) is 54.1 Å². The van der Waals surface area contributed by atoms with Gasteiger partial charge in [0, 0.05) is 38.2 Å². The monoisotopic (exact) mass is 456 g/mol. The van der Waals surface area contributed by atoms with E-state index in [9.17, 15) is 4.79 Å². The fourth-order valence-electron chi connectivity index (χ4n) is 4.53. The van der Waals surface area contributed by atoms with Crippen molar-refractivity contribution in [3.63, 3.8) is 0 Å². The van der Waals surface area contributed by atoms with E-state index < -0.39 is 0 Å². The molecule has 0 saturated carbocycles. The average Bonchev–Trinajstić information content (AvgIpc) is 3.17. The molecule has 1 fully saturated rings. The molecule has 0 bridgehead atoms. The summed E-state index contributed by atoms with van der Waals surface area (Å²) in [6.45, 7) is 3.15. The van der Waals surface area contributed by atoms with Crippen LogP contribution in [0.5, 0.6) is 0 Å². The number of amides is 1. The highest BCUT2D eigenvalue weighted by Gasteiger charge is 2.28. The first-order valence-corrected chi connectivity index (χ1v) is 11.9. The molecule has 0 unspecified atom stereocenters. The van der Waals surface area contributed by atoms with Gasteiger partial charge in [-0.3, -0.25) is 4.79 Å². The van der Waals surface area contributed by atoms with Crippen molar-refractivity contribution in [2.24, 2.45) is 0 Å². The van der Waals surface area contributed by atoms with Gasteiger partial charge in [0.05, 0.1) is 16.0 Å². The van der Waals surface area contributed by atoms with Crippen LogP contribution in [0.4, 0.5) is 5.82 Å². The lowest BCUT2D eigenvalue weighted by atomic mass is 9.97. The zero-order chi connectivity index (χ0) is 21.4. The molecule has 31 heavy (non-hydrogen) atoms. The first-order valence-electron chi connectivity index (χ1n) is 10.7. The molecule has 162 valence electrons. The van der Waals surface area contributed by atoms with Crippen molar-refractivity contribution in [3.8, 4) is 0 Å². The van der Waals surface area contributed by atoms with Gasteiger partial charge >= 0.3 is 0 Å². The zero-order valence-electron chi connectivity index (χ0n) is 17.6. The van der Waals surface area contributed by atoms with Crippen molar-refractivity contribution in [1.29, 1.82) is 0 Å². The van der Waals surface area contributed by atoms with Gasteiger partial charge in [0.15, 0.2) is 5.82 Å². The Morgan fingerprint density at radius 1 is 1.13 bits per heavy atom. The molecule has 6 nitrogen and oxygen atoms in total. The molecule has 1 amide bonds. The molecule has 0 atom stereocenters. The molecule has 0 N–H and O–H groups in total. The summed E-state index contributed by atoms with van der Waals surface area (Å²) in [7, 11) is 1.67. The number of nitrogens with zero attached hydrogens (tertiary/aromatic N) is 4. The maximum absolute atomic E-state index is 12.9. The number of benzene rings is 1. The molecule has 3 aromatic rings. The zero-order valence-corrected chi connectivity index (χ0v) is 19.1. The summed E-state index contributed by atoms with van der Waals surface area (Å²) in [6, 6.07) is 7.25. The third-order valence-electron chi connectivity index (χ3n) is 6.09. The second-order valence-corrected chi connectivity index (χ2v) is 9.54. The second kappa shape index (κ2) is 8.73. The number of methoxy groups -OCH3 is 1. The molecule has 2 aromatic heterocycles. The van der Waals surface area contributed by atoms with Crippen molar-refractivity contribution >= 4 is 44.9 Å². The first-order chi connectivity index (χ1) is 15.2. The number of aromatic nitrogens is 2. The van der Waals surface area contributed by atoms with Crippen molar-refractivity contribution in [2.75, 3.05) is 38.2 Å². The molecular formula is C23H25ClN4O2S. The van der Waals surface area contributed by atoms with Gasteiger partial charge in [0.1, 0.15) is 17.3 Å². The highest BCUT2D eigenvalue weighted by Crippen LogP contribution is 2.40. The highest BCUT2D eigenvalue weighted by molar-refractivity contribution is 7.19. The van der Waals surface area contributed by atoms with E-state index in [1.54, 1.807) is 19.2 Å². The first kappa shape index (κ1) is 20.7. The van der Waals surface area contributed by atoms with Crippen LogP contribution < -0.4 is 4.90 Å². The Bertz CT molecular complexity index is 1120. The summed E-state index contributed by atoms with van der Waals surface area (Å²) >= 11 is 8.05. The van der Waals surface area contributed by atoms with Crippen LogP contribution in [0, 0.1) is 0 Å². The van der Waals surface area contributed by atoms with Gasteiger partial charge in [-0.15, -0.1) is 11.3 Å². The molecule has 1 saturated heterocycles. The lowest BCUT2D eigenvalue weighted by Crippen LogP contribution is -2.49. The van der Waals surface area contributed by atoms with Crippen LogP contribution in [0.25, 0.3) is 10.2 Å². The van der Waals surface area contributed by atoms with Gasteiger partial charge in [-0.1, -0.05) is 23.7 Å². The third-order valence-corrected chi connectivity index (χ3v) is 7.60. The second-order valence-electron chi connectivity index (χ2n) is 8.05. The van der Waals surface area contributed by atoms with Crippen molar-refractivity contribution in [2.45, 2.75) is 32.3 Å². The number of thiophene rings is 1. The summed E-state index contributed by atoms with van der Waals surface area (Å²) < 4.78 is 5.33. The molecule has 1 aliphatic carbocycles. The summed E-state index contributed by atoms with van der Waals surface area (Å²) in [4.78, 5) is 29.4. The number of halogens is 1. The number of ether oxygens (including phenoxy) is 1. The molecular weight excluding hydrogens is 432 g/mol. The van der Waals surface area contributed by atoms with Crippen LogP contribution >= 0.6 is 22.9 Å². The normalized spacial score (nSPS) is 16.6. The maximum Gasteiger partial charge on any atom is 0.255 e.